The van der Waals surface area contributed by atoms with Crippen molar-refractivity contribution in [1.29, 1.82) is 0 Å². The van der Waals surface area contributed by atoms with Gasteiger partial charge in [0.1, 0.15) is 0 Å². The maximum Gasteiger partial charge on any atom is 0.0328 e. The number of hydrogen-bond acceptors (Lipinski definition) is 3. The third-order valence-corrected chi connectivity index (χ3v) is 5.49. The molecule has 0 radical (unpaired) electrons. The number of nitrogens with one attached hydrogen (secondary N) is 1. The topological polar surface area (TPSA) is 15.3 Å². The molecule has 0 spiro atoms. The third-order valence-electron chi connectivity index (χ3n) is 3.80. The molecule has 2 rings (SSSR count). The van der Waals surface area contributed by atoms with E-state index in [-0.39, 0.29) is 0 Å². The number of halogens is 1. The van der Waals surface area contributed by atoms with Gasteiger partial charge in [0.15, 0.2) is 0 Å². The molecule has 1 aromatic rings. The number of rotatable bonds is 7. The van der Waals surface area contributed by atoms with Crippen molar-refractivity contribution in [3.63, 3.8) is 0 Å². The first-order valence-corrected chi connectivity index (χ1v) is 8.51. The van der Waals surface area contributed by atoms with Gasteiger partial charge in [-0.2, -0.15) is 0 Å². The molecule has 2 unspecified atom stereocenters. The molecular formula is C14H23BrN2S. The largest absolute Gasteiger partial charge is 0.316 e. The smallest absolute Gasteiger partial charge is 0.0328 e. The molecule has 2 nitrogen and oxygen atoms in total. The van der Waals surface area contributed by atoms with Crippen molar-refractivity contribution in [2.24, 2.45) is 5.92 Å². The predicted octanol–water partition coefficient (Wildman–Crippen LogP) is 3.72. The molecule has 0 aromatic carbocycles. The highest BCUT2D eigenvalue weighted by atomic mass is 79.9. The van der Waals surface area contributed by atoms with Gasteiger partial charge in [-0.3, -0.25) is 4.90 Å². The Morgan fingerprint density at radius 2 is 2.33 bits per heavy atom. The van der Waals surface area contributed by atoms with Crippen LogP contribution in [0.5, 0.6) is 0 Å². The van der Waals surface area contributed by atoms with E-state index in [0.29, 0.717) is 0 Å². The Morgan fingerprint density at radius 3 is 2.89 bits per heavy atom. The lowest BCUT2D eigenvalue weighted by atomic mass is 9.78. The van der Waals surface area contributed by atoms with Crippen LogP contribution in [0.1, 0.15) is 31.1 Å². The van der Waals surface area contributed by atoms with Gasteiger partial charge in [-0.1, -0.05) is 6.92 Å². The Morgan fingerprint density at radius 1 is 1.50 bits per heavy atom. The van der Waals surface area contributed by atoms with E-state index in [9.17, 15) is 0 Å². The van der Waals surface area contributed by atoms with Gasteiger partial charge in [0, 0.05) is 27.3 Å². The molecule has 1 aliphatic carbocycles. The first kappa shape index (κ1) is 14.5. The second-order valence-corrected chi connectivity index (χ2v) is 7.17. The Bertz CT molecular complexity index is 366. The standard InChI is InChI=1S/C14H23BrN2S/c1-3-6-16-8-11-4-5-14(11)17(2)9-13-7-12(15)10-18-13/h7,10-11,14,16H,3-6,8-9H2,1-2H3. The van der Waals surface area contributed by atoms with Gasteiger partial charge in [-0.25, -0.2) is 0 Å². The van der Waals surface area contributed by atoms with Crippen LogP contribution in [0.4, 0.5) is 0 Å². The van der Waals surface area contributed by atoms with Crippen LogP contribution >= 0.6 is 27.3 Å². The molecule has 0 amide bonds. The first-order chi connectivity index (χ1) is 8.70. The van der Waals surface area contributed by atoms with Gasteiger partial charge in [0.2, 0.25) is 0 Å². The van der Waals surface area contributed by atoms with Gasteiger partial charge >= 0.3 is 0 Å². The van der Waals surface area contributed by atoms with Crippen molar-refractivity contribution in [3.8, 4) is 0 Å². The average Bonchev–Trinajstić information content (AvgIpc) is 2.68. The summed E-state index contributed by atoms with van der Waals surface area (Å²) in [7, 11) is 2.27. The summed E-state index contributed by atoms with van der Waals surface area (Å²) in [6, 6.07) is 3.01. The molecule has 102 valence electrons. The summed E-state index contributed by atoms with van der Waals surface area (Å²) in [6.45, 7) is 5.67. The normalized spacial score (nSPS) is 23.3. The zero-order valence-corrected chi connectivity index (χ0v) is 13.7. The molecule has 1 heterocycles. The first-order valence-electron chi connectivity index (χ1n) is 6.84. The van der Waals surface area contributed by atoms with Gasteiger partial charge in [0.05, 0.1) is 0 Å². The summed E-state index contributed by atoms with van der Waals surface area (Å²) in [6.07, 6.45) is 3.98. The maximum absolute atomic E-state index is 3.56. The summed E-state index contributed by atoms with van der Waals surface area (Å²) < 4.78 is 1.21. The minimum atomic E-state index is 0.773. The molecule has 0 bridgehead atoms. The van der Waals surface area contributed by atoms with E-state index < -0.39 is 0 Å². The van der Waals surface area contributed by atoms with Crippen LogP contribution in [0, 0.1) is 5.92 Å². The van der Waals surface area contributed by atoms with Crippen LogP contribution in [0.2, 0.25) is 0 Å². The Balaban J connectivity index is 1.76. The summed E-state index contributed by atoms with van der Waals surface area (Å²) >= 11 is 5.37. The fraction of sp³-hybridized carbons (Fsp3) is 0.714. The second-order valence-electron chi connectivity index (χ2n) is 5.26. The fourth-order valence-electron chi connectivity index (χ4n) is 2.63. The zero-order chi connectivity index (χ0) is 13.0. The molecule has 1 N–H and O–H groups in total. The molecule has 2 atom stereocenters. The molecule has 18 heavy (non-hydrogen) atoms. The number of nitrogens with zero attached hydrogens (tertiary/aromatic N) is 1. The maximum atomic E-state index is 3.56. The molecular weight excluding hydrogens is 308 g/mol. The van der Waals surface area contributed by atoms with Gasteiger partial charge in [-0.05, 0) is 67.3 Å². The van der Waals surface area contributed by atoms with Crippen LogP contribution in [0.15, 0.2) is 15.9 Å². The molecule has 1 fully saturated rings. The SMILES string of the molecule is CCCNCC1CCC1N(C)Cc1cc(Br)cs1. The van der Waals surface area contributed by atoms with E-state index in [0.717, 1.165) is 25.0 Å². The molecule has 0 aliphatic heterocycles. The van der Waals surface area contributed by atoms with Crippen molar-refractivity contribution >= 4 is 27.3 Å². The van der Waals surface area contributed by atoms with Crippen LogP contribution in [0.3, 0.4) is 0 Å². The highest BCUT2D eigenvalue weighted by Crippen LogP contribution is 2.32. The summed E-state index contributed by atoms with van der Waals surface area (Å²) in [5, 5.41) is 5.73. The van der Waals surface area contributed by atoms with Crippen LogP contribution in [-0.2, 0) is 6.54 Å². The van der Waals surface area contributed by atoms with E-state index in [1.54, 1.807) is 0 Å². The van der Waals surface area contributed by atoms with E-state index in [4.69, 9.17) is 0 Å². The molecule has 1 aromatic heterocycles. The number of thiophene rings is 1. The summed E-state index contributed by atoms with van der Waals surface area (Å²) in [4.78, 5) is 3.98. The lowest BCUT2D eigenvalue weighted by Crippen LogP contribution is -2.48. The van der Waals surface area contributed by atoms with Crippen LogP contribution in [-0.4, -0.2) is 31.1 Å². The summed E-state index contributed by atoms with van der Waals surface area (Å²) in [5.41, 5.74) is 0. The predicted molar refractivity (Wildman–Crippen MR) is 83.2 cm³/mol. The minimum Gasteiger partial charge on any atom is -0.316 e. The lowest BCUT2D eigenvalue weighted by Gasteiger charge is -2.43. The monoisotopic (exact) mass is 330 g/mol. The molecule has 4 heteroatoms. The molecule has 1 saturated carbocycles. The van der Waals surface area contributed by atoms with Crippen molar-refractivity contribution in [2.45, 2.75) is 38.8 Å². The quantitative estimate of drug-likeness (QED) is 0.766. The van der Waals surface area contributed by atoms with Crippen molar-refractivity contribution in [1.82, 2.24) is 10.2 Å². The fourth-order valence-corrected chi connectivity index (χ4v) is 4.15. The highest BCUT2D eigenvalue weighted by Gasteiger charge is 2.33. The summed E-state index contributed by atoms with van der Waals surface area (Å²) in [5.74, 6) is 0.852. The Labute approximate surface area is 123 Å². The molecule has 0 saturated heterocycles. The van der Waals surface area contributed by atoms with Crippen LogP contribution < -0.4 is 5.32 Å². The number of hydrogen-bond donors (Lipinski definition) is 1. The van der Waals surface area contributed by atoms with E-state index >= 15 is 0 Å². The Kier molecular flexibility index (Phi) is 5.67. The van der Waals surface area contributed by atoms with E-state index in [1.807, 2.05) is 11.3 Å². The van der Waals surface area contributed by atoms with Crippen molar-refractivity contribution < 1.29 is 0 Å². The Hall–Kier alpha value is 0.1000. The van der Waals surface area contributed by atoms with Gasteiger partial charge < -0.3 is 5.32 Å². The highest BCUT2D eigenvalue weighted by molar-refractivity contribution is 9.10. The third kappa shape index (κ3) is 3.80. The van der Waals surface area contributed by atoms with E-state index in [2.05, 4.69) is 51.6 Å². The van der Waals surface area contributed by atoms with E-state index in [1.165, 1.54) is 35.2 Å². The van der Waals surface area contributed by atoms with Crippen LogP contribution in [0.25, 0.3) is 0 Å². The average molecular weight is 331 g/mol. The molecule has 1 aliphatic rings. The van der Waals surface area contributed by atoms with Crippen molar-refractivity contribution in [3.05, 3.63) is 20.8 Å². The lowest BCUT2D eigenvalue weighted by molar-refractivity contribution is 0.0789. The minimum absolute atomic E-state index is 0.773. The zero-order valence-electron chi connectivity index (χ0n) is 11.3. The van der Waals surface area contributed by atoms with Gasteiger partial charge in [-0.15, -0.1) is 11.3 Å². The second kappa shape index (κ2) is 7.04. The van der Waals surface area contributed by atoms with Gasteiger partial charge in [0.25, 0.3) is 0 Å². The van der Waals surface area contributed by atoms with Crippen molar-refractivity contribution in [2.75, 3.05) is 20.1 Å².